The van der Waals surface area contributed by atoms with Crippen molar-refractivity contribution in [1.82, 2.24) is 9.88 Å². The van der Waals surface area contributed by atoms with Crippen LogP contribution in [-0.4, -0.2) is 49.2 Å². The van der Waals surface area contributed by atoms with Gasteiger partial charge in [0.25, 0.3) is 0 Å². The van der Waals surface area contributed by atoms with Crippen molar-refractivity contribution in [2.45, 2.75) is 19.8 Å². The van der Waals surface area contributed by atoms with Gasteiger partial charge in [-0.05, 0) is 25.7 Å². The topological polar surface area (TPSA) is 31.4 Å². The van der Waals surface area contributed by atoms with Crippen molar-refractivity contribution in [1.29, 1.82) is 0 Å². The molecule has 116 valence electrons. The van der Waals surface area contributed by atoms with E-state index >= 15 is 0 Å². The van der Waals surface area contributed by atoms with Gasteiger partial charge in [0.1, 0.15) is 0 Å². The first-order valence-electron chi connectivity index (χ1n) is 7.74. The molecule has 1 aromatic rings. The highest BCUT2D eigenvalue weighted by atomic mass is 19.1. The van der Waals surface area contributed by atoms with Crippen LogP contribution < -0.4 is 10.2 Å². The predicted octanol–water partition coefficient (Wildman–Crippen LogP) is 2.32. The van der Waals surface area contributed by atoms with E-state index in [4.69, 9.17) is 0 Å². The Morgan fingerprint density at radius 1 is 1.19 bits per heavy atom. The van der Waals surface area contributed by atoms with Crippen LogP contribution in [0, 0.1) is 17.6 Å². The second-order valence-electron chi connectivity index (χ2n) is 5.89. The number of hydrogen-bond acceptors (Lipinski definition) is 4. The normalized spacial score (nSPS) is 19.9. The summed E-state index contributed by atoms with van der Waals surface area (Å²) in [4.78, 5) is 8.48. The SMILES string of the molecule is CCNc1nc(N2CCN(CC3CC3)CC2)c(F)cc1F. The summed E-state index contributed by atoms with van der Waals surface area (Å²) in [5, 5.41) is 2.84. The molecule has 1 aliphatic heterocycles. The molecule has 3 rings (SSSR count). The van der Waals surface area contributed by atoms with Gasteiger partial charge in [-0.2, -0.15) is 0 Å². The van der Waals surface area contributed by atoms with Crippen LogP contribution in [0.25, 0.3) is 0 Å². The van der Waals surface area contributed by atoms with E-state index in [1.165, 1.54) is 12.8 Å². The van der Waals surface area contributed by atoms with Crippen LogP contribution >= 0.6 is 0 Å². The van der Waals surface area contributed by atoms with Crippen molar-refractivity contribution in [3.63, 3.8) is 0 Å². The molecule has 1 N–H and O–H groups in total. The summed E-state index contributed by atoms with van der Waals surface area (Å²) >= 11 is 0. The summed E-state index contributed by atoms with van der Waals surface area (Å²) < 4.78 is 27.6. The summed E-state index contributed by atoms with van der Waals surface area (Å²) in [6, 6.07) is 0.927. The van der Waals surface area contributed by atoms with E-state index in [-0.39, 0.29) is 11.6 Å². The molecular formula is C15H22F2N4. The Hall–Kier alpha value is -1.43. The van der Waals surface area contributed by atoms with Crippen LogP contribution in [0.5, 0.6) is 0 Å². The zero-order chi connectivity index (χ0) is 14.8. The minimum atomic E-state index is -0.634. The second kappa shape index (κ2) is 6.13. The Morgan fingerprint density at radius 2 is 1.90 bits per heavy atom. The second-order valence-corrected chi connectivity index (χ2v) is 5.89. The molecular weight excluding hydrogens is 274 g/mol. The highest BCUT2D eigenvalue weighted by Crippen LogP contribution is 2.30. The first-order valence-corrected chi connectivity index (χ1v) is 7.74. The number of pyridine rings is 1. The number of anilines is 2. The average molecular weight is 296 g/mol. The molecule has 1 saturated heterocycles. The maximum absolute atomic E-state index is 14.0. The number of halogens is 2. The van der Waals surface area contributed by atoms with Gasteiger partial charge in [-0.15, -0.1) is 0 Å². The number of nitrogens with one attached hydrogen (secondary N) is 1. The molecule has 21 heavy (non-hydrogen) atoms. The van der Waals surface area contributed by atoms with Crippen LogP contribution in [0.2, 0.25) is 0 Å². The fraction of sp³-hybridized carbons (Fsp3) is 0.667. The predicted molar refractivity (Wildman–Crippen MR) is 79.7 cm³/mol. The first kappa shape index (κ1) is 14.5. The molecule has 4 nitrogen and oxygen atoms in total. The zero-order valence-electron chi connectivity index (χ0n) is 12.4. The van der Waals surface area contributed by atoms with Gasteiger partial charge < -0.3 is 10.2 Å². The number of nitrogens with zero attached hydrogens (tertiary/aromatic N) is 3. The molecule has 0 unspecified atom stereocenters. The Morgan fingerprint density at radius 3 is 2.52 bits per heavy atom. The Bertz CT molecular complexity index is 497. The highest BCUT2D eigenvalue weighted by Gasteiger charge is 2.27. The Labute approximate surface area is 124 Å². The van der Waals surface area contributed by atoms with E-state index in [1.54, 1.807) is 0 Å². The van der Waals surface area contributed by atoms with E-state index in [9.17, 15) is 8.78 Å². The van der Waals surface area contributed by atoms with E-state index < -0.39 is 11.6 Å². The molecule has 0 spiro atoms. The lowest BCUT2D eigenvalue weighted by molar-refractivity contribution is 0.247. The summed E-state index contributed by atoms with van der Waals surface area (Å²) in [5.74, 6) is 0.0561. The molecule has 2 aliphatic rings. The lowest BCUT2D eigenvalue weighted by atomic mass is 10.2. The Kier molecular flexibility index (Phi) is 4.24. The number of rotatable bonds is 5. The quantitative estimate of drug-likeness (QED) is 0.903. The standard InChI is InChI=1S/C15H22F2N4/c1-2-18-14-12(16)9-13(17)15(19-14)21-7-5-20(6-8-21)10-11-3-4-11/h9,11H,2-8,10H2,1H3,(H,18,19). The van der Waals surface area contributed by atoms with Gasteiger partial charge >= 0.3 is 0 Å². The van der Waals surface area contributed by atoms with Crippen LogP contribution in [-0.2, 0) is 0 Å². The van der Waals surface area contributed by atoms with Gasteiger partial charge in [-0.25, -0.2) is 13.8 Å². The lowest BCUT2D eigenvalue weighted by Crippen LogP contribution is -2.47. The molecule has 0 bridgehead atoms. The van der Waals surface area contributed by atoms with Crippen molar-refractivity contribution in [3.8, 4) is 0 Å². The summed E-state index contributed by atoms with van der Waals surface area (Å²) in [7, 11) is 0. The summed E-state index contributed by atoms with van der Waals surface area (Å²) in [6.07, 6.45) is 2.70. The molecule has 1 saturated carbocycles. The van der Waals surface area contributed by atoms with Crippen LogP contribution in [0.4, 0.5) is 20.4 Å². The summed E-state index contributed by atoms with van der Waals surface area (Å²) in [5.41, 5.74) is 0. The molecule has 0 amide bonds. The lowest BCUT2D eigenvalue weighted by Gasteiger charge is -2.35. The molecule has 0 radical (unpaired) electrons. The van der Waals surface area contributed by atoms with E-state index in [0.29, 0.717) is 6.54 Å². The molecule has 6 heteroatoms. The highest BCUT2D eigenvalue weighted by molar-refractivity contribution is 5.49. The zero-order valence-corrected chi connectivity index (χ0v) is 12.4. The third kappa shape index (κ3) is 3.43. The van der Waals surface area contributed by atoms with Crippen LogP contribution in [0.1, 0.15) is 19.8 Å². The van der Waals surface area contributed by atoms with Gasteiger partial charge in [0.2, 0.25) is 0 Å². The number of aromatic nitrogens is 1. The monoisotopic (exact) mass is 296 g/mol. The fourth-order valence-electron chi connectivity index (χ4n) is 2.78. The van der Waals surface area contributed by atoms with Crippen molar-refractivity contribution in [2.75, 3.05) is 49.5 Å². The minimum absolute atomic E-state index is 0.134. The fourth-order valence-corrected chi connectivity index (χ4v) is 2.78. The van der Waals surface area contributed by atoms with Crippen molar-refractivity contribution < 1.29 is 8.78 Å². The molecule has 0 atom stereocenters. The smallest absolute Gasteiger partial charge is 0.168 e. The van der Waals surface area contributed by atoms with Gasteiger partial charge in [0, 0.05) is 45.3 Å². The Balaban J connectivity index is 1.67. The van der Waals surface area contributed by atoms with Gasteiger partial charge in [-0.1, -0.05) is 0 Å². The maximum Gasteiger partial charge on any atom is 0.168 e. The van der Waals surface area contributed by atoms with Crippen molar-refractivity contribution in [3.05, 3.63) is 17.7 Å². The molecule has 0 aromatic carbocycles. The molecule has 1 aliphatic carbocycles. The van der Waals surface area contributed by atoms with Crippen molar-refractivity contribution in [2.24, 2.45) is 5.92 Å². The molecule has 2 fully saturated rings. The van der Waals surface area contributed by atoms with Gasteiger partial charge in [0.05, 0.1) is 0 Å². The van der Waals surface area contributed by atoms with Crippen LogP contribution in [0.15, 0.2) is 6.07 Å². The van der Waals surface area contributed by atoms with Gasteiger partial charge in [-0.3, -0.25) is 4.90 Å². The molecule has 2 heterocycles. The number of piperazine rings is 1. The largest absolute Gasteiger partial charge is 0.368 e. The average Bonchev–Trinajstić information content (AvgIpc) is 3.27. The number of hydrogen-bond donors (Lipinski definition) is 1. The van der Waals surface area contributed by atoms with Crippen LogP contribution in [0.3, 0.4) is 0 Å². The van der Waals surface area contributed by atoms with Crippen molar-refractivity contribution >= 4 is 11.6 Å². The van der Waals surface area contributed by atoms with E-state index in [1.807, 2.05) is 11.8 Å². The first-order chi connectivity index (χ1) is 10.2. The molecule has 1 aromatic heterocycles. The minimum Gasteiger partial charge on any atom is -0.368 e. The van der Waals surface area contributed by atoms with Gasteiger partial charge in [0.15, 0.2) is 23.3 Å². The summed E-state index contributed by atoms with van der Waals surface area (Å²) in [6.45, 7) is 6.92. The van der Waals surface area contributed by atoms with E-state index in [2.05, 4.69) is 15.2 Å². The third-order valence-electron chi connectivity index (χ3n) is 4.14. The van der Waals surface area contributed by atoms with E-state index in [0.717, 1.165) is 44.7 Å². The maximum atomic E-state index is 14.0. The third-order valence-corrected chi connectivity index (χ3v) is 4.14.